The van der Waals surface area contributed by atoms with Gasteiger partial charge in [-0.3, -0.25) is 0 Å². The van der Waals surface area contributed by atoms with Crippen molar-refractivity contribution in [2.45, 2.75) is 61.4 Å². The van der Waals surface area contributed by atoms with E-state index in [9.17, 15) is 0 Å². The lowest BCUT2D eigenvalue weighted by molar-refractivity contribution is 0.263. The molecule has 0 bridgehead atoms. The van der Waals surface area contributed by atoms with Gasteiger partial charge < -0.3 is 15.6 Å². The van der Waals surface area contributed by atoms with Gasteiger partial charge in [-0.2, -0.15) is 4.98 Å². The van der Waals surface area contributed by atoms with Crippen LogP contribution in [-0.2, 0) is 5.41 Å². The molecule has 2 atom stereocenters. The molecule has 5 nitrogen and oxygen atoms in total. The lowest BCUT2D eigenvalue weighted by Gasteiger charge is -2.28. The van der Waals surface area contributed by atoms with Crippen LogP contribution in [0.5, 0.6) is 0 Å². The number of hydrogen-bond donors (Lipinski definition) is 2. The summed E-state index contributed by atoms with van der Waals surface area (Å²) in [5, 5.41) is 8.03. The molecular weight excluding hydrogens is 300 g/mol. The molecule has 1 aromatic carbocycles. The number of hydrogen-bond acceptors (Lipinski definition) is 5. The number of nitrogens with two attached hydrogens (primary N) is 1. The van der Waals surface area contributed by atoms with Crippen LogP contribution in [0.1, 0.15) is 61.2 Å². The molecule has 3 aliphatic rings. The summed E-state index contributed by atoms with van der Waals surface area (Å²) in [4.78, 5) is 4.70. The molecule has 5 heteroatoms. The molecule has 0 amide bonds. The summed E-state index contributed by atoms with van der Waals surface area (Å²) in [5.74, 6) is 2.75. The molecule has 126 valence electrons. The van der Waals surface area contributed by atoms with Crippen molar-refractivity contribution >= 4 is 0 Å². The van der Waals surface area contributed by atoms with Gasteiger partial charge in [0.1, 0.15) is 0 Å². The summed E-state index contributed by atoms with van der Waals surface area (Å²) in [5.41, 5.74) is 7.42. The van der Waals surface area contributed by atoms with Crippen LogP contribution in [0.2, 0.25) is 0 Å². The van der Waals surface area contributed by atoms with E-state index in [2.05, 4.69) is 40.8 Å². The molecule has 3 saturated carbocycles. The van der Waals surface area contributed by atoms with Crippen molar-refractivity contribution in [3.05, 3.63) is 47.6 Å². The fourth-order valence-electron chi connectivity index (χ4n) is 3.93. The van der Waals surface area contributed by atoms with Gasteiger partial charge in [0.2, 0.25) is 5.89 Å². The van der Waals surface area contributed by atoms with Crippen LogP contribution < -0.4 is 11.1 Å². The van der Waals surface area contributed by atoms with E-state index >= 15 is 0 Å². The first kappa shape index (κ1) is 14.6. The minimum Gasteiger partial charge on any atom is -0.339 e. The van der Waals surface area contributed by atoms with Crippen molar-refractivity contribution in [2.75, 3.05) is 6.54 Å². The third-order valence-corrected chi connectivity index (χ3v) is 6.01. The first-order valence-electron chi connectivity index (χ1n) is 9.11. The van der Waals surface area contributed by atoms with Gasteiger partial charge in [-0.1, -0.05) is 35.5 Å². The summed E-state index contributed by atoms with van der Waals surface area (Å²) in [6.07, 6.45) is 5.51. The fourth-order valence-corrected chi connectivity index (χ4v) is 3.93. The maximum absolute atomic E-state index is 5.86. The maximum Gasteiger partial charge on any atom is 0.229 e. The predicted molar refractivity (Wildman–Crippen MR) is 90.8 cm³/mol. The topological polar surface area (TPSA) is 77.0 Å². The highest BCUT2D eigenvalue weighted by atomic mass is 16.5. The van der Waals surface area contributed by atoms with Crippen molar-refractivity contribution in [2.24, 2.45) is 5.73 Å². The molecule has 0 unspecified atom stereocenters. The molecule has 0 aliphatic heterocycles. The normalized spacial score (nSPS) is 33.0. The molecule has 3 fully saturated rings. The van der Waals surface area contributed by atoms with E-state index in [1.807, 2.05) is 0 Å². The molecule has 0 radical (unpaired) electrons. The van der Waals surface area contributed by atoms with Crippen LogP contribution in [0.15, 0.2) is 34.9 Å². The zero-order chi connectivity index (χ0) is 16.1. The lowest BCUT2D eigenvalue weighted by Crippen LogP contribution is -2.35. The van der Waals surface area contributed by atoms with Crippen LogP contribution in [0, 0.1) is 0 Å². The largest absolute Gasteiger partial charge is 0.339 e. The van der Waals surface area contributed by atoms with Gasteiger partial charge in [0.05, 0.1) is 0 Å². The monoisotopic (exact) mass is 324 g/mol. The third kappa shape index (κ3) is 2.56. The van der Waals surface area contributed by atoms with Crippen LogP contribution >= 0.6 is 0 Å². The first-order valence-corrected chi connectivity index (χ1v) is 9.11. The van der Waals surface area contributed by atoms with E-state index in [1.165, 1.54) is 12.0 Å². The average molecular weight is 324 g/mol. The van der Waals surface area contributed by atoms with E-state index in [0.717, 1.165) is 43.9 Å². The first-order chi connectivity index (χ1) is 11.7. The molecule has 3 aliphatic carbocycles. The summed E-state index contributed by atoms with van der Waals surface area (Å²) in [6.45, 7) is 0.962. The Balaban J connectivity index is 1.19. The van der Waals surface area contributed by atoms with E-state index < -0.39 is 0 Å². The molecule has 5 rings (SSSR count). The third-order valence-electron chi connectivity index (χ3n) is 6.01. The van der Waals surface area contributed by atoms with Crippen molar-refractivity contribution in [3.63, 3.8) is 0 Å². The molecule has 0 saturated heterocycles. The molecule has 0 spiro atoms. The summed E-state index contributed by atoms with van der Waals surface area (Å²) in [7, 11) is 0. The number of nitrogens with one attached hydrogen (secondary N) is 1. The zero-order valence-corrected chi connectivity index (χ0v) is 13.8. The molecule has 2 aromatic rings. The quantitative estimate of drug-likeness (QED) is 0.853. The second-order valence-electron chi connectivity index (χ2n) is 7.91. The van der Waals surface area contributed by atoms with Gasteiger partial charge in [0.15, 0.2) is 5.82 Å². The Morgan fingerprint density at radius 2 is 1.96 bits per heavy atom. The molecule has 1 heterocycles. The molecule has 24 heavy (non-hydrogen) atoms. The summed E-state index contributed by atoms with van der Waals surface area (Å²) in [6, 6.07) is 11.7. The minimum absolute atomic E-state index is 0.109. The number of aromatic nitrogens is 2. The summed E-state index contributed by atoms with van der Waals surface area (Å²) >= 11 is 0. The smallest absolute Gasteiger partial charge is 0.229 e. The van der Waals surface area contributed by atoms with Gasteiger partial charge in [0, 0.05) is 35.9 Å². The molecule has 3 N–H and O–H groups in total. The van der Waals surface area contributed by atoms with E-state index in [0.29, 0.717) is 23.9 Å². The van der Waals surface area contributed by atoms with Gasteiger partial charge in [0.25, 0.3) is 0 Å². The van der Waals surface area contributed by atoms with Gasteiger partial charge in [-0.15, -0.1) is 0 Å². The Hall–Kier alpha value is -1.72. The Morgan fingerprint density at radius 1 is 1.17 bits per heavy atom. The highest BCUT2D eigenvalue weighted by Gasteiger charge is 2.50. The number of nitrogens with zero attached hydrogens (tertiary/aromatic N) is 2. The van der Waals surface area contributed by atoms with Crippen LogP contribution in [0.4, 0.5) is 0 Å². The highest BCUT2D eigenvalue weighted by Crippen LogP contribution is 2.48. The van der Waals surface area contributed by atoms with Crippen LogP contribution in [-0.4, -0.2) is 28.8 Å². The SMILES string of the molecule is N[C@H]1C[C@H](c2nc(C3(CN[C@@H]4C[C@H]4c4ccccc4)CC3)no2)C1. The van der Waals surface area contributed by atoms with Gasteiger partial charge >= 0.3 is 0 Å². The Labute approximate surface area is 142 Å². The second kappa shape index (κ2) is 5.39. The second-order valence-corrected chi connectivity index (χ2v) is 7.91. The standard InChI is InChI=1S/C19H24N4O/c20-14-8-13(9-14)17-22-18(23-24-17)19(6-7-19)11-21-16-10-15(16)12-4-2-1-3-5-12/h1-5,13-16,21H,6-11,20H2/t13-,14-,15-,16+/m0/s1. The number of rotatable bonds is 6. The molecular formula is C19H24N4O. The van der Waals surface area contributed by atoms with Crippen molar-refractivity contribution in [3.8, 4) is 0 Å². The highest BCUT2D eigenvalue weighted by molar-refractivity contribution is 5.28. The van der Waals surface area contributed by atoms with E-state index in [4.69, 9.17) is 15.2 Å². The van der Waals surface area contributed by atoms with Crippen LogP contribution in [0.25, 0.3) is 0 Å². The van der Waals surface area contributed by atoms with E-state index in [1.54, 1.807) is 0 Å². The van der Waals surface area contributed by atoms with Gasteiger partial charge in [-0.25, -0.2) is 0 Å². The average Bonchev–Trinajstić information content (AvgIpc) is 3.48. The maximum atomic E-state index is 5.86. The Bertz CT molecular complexity index is 718. The van der Waals surface area contributed by atoms with Crippen LogP contribution in [0.3, 0.4) is 0 Å². The van der Waals surface area contributed by atoms with Crippen molar-refractivity contribution < 1.29 is 4.52 Å². The number of benzene rings is 1. The van der Waals surface area contributed by atoms with Crippen molar-refractivity contribution in [1.82, 2.24) is 15.5 Å². The summed E-state index contributed by atoms with van der Waals surface area (Å²) < 4.78 is 5.51. The Kier molecular flexibility index (Phi) is 3.28. The minimum atomic E-state index is 0.109. The fraction of sp³-hybridized carbons (Fsp3) is 0.579. The van der Waals surface area contributed by atoms with Crippen molar-refractivity contribution in [1.29, 1.82) is 0 Å². The predicted octanol–water partition coefficient (Wildman–Crippen LogP) is 2.45. The van der Waals surface area contributed by atoms with Gasteiger partial charge in [-0.05, 0) is 37.7 Å². The van der Waals surface area contributed by atoms with E-state index in [-0.39, 0.29) is 5.41 Å². The lowest BCUT2D eigenvalue weighted by atomic mass is 9.81. The Morgan fingerprint density at radius 3 is 2.67 bits per heavy atom. The zero-order valence-electron chi connectivity index (χ0n) is 13.8. The molecule has 1 aromatic heterocycles.